The lowest BCUT2D eigenvalue weighted by molar-refractivity contribution is 0.389. The molecule has 96 valence electrons. The number of hydrogen-bond acceptors (Lipinski definition) is 3. The molecule has 0 spiro atoms. The largest absolute Gasteiger partial charge is 0.310 e. The maximum Gasteiger partial charge on any atom is 0.0291 e. The van der Waals surface area contributed by atoms with Gasteiger partial charge in [0.25, 0.3) is 0 Å². The van der Waals surface area contributed by atoms with E-state index in [1.807, 2.05) is 0 Å². The van der Waals surface area contributed by atoms with Crippen molar-refractivity contribution in [3.63, 3.8) is 0 Å². The van der Waals surface area contributed by atoms with E-state index >= 15 is 0 Å². The molecule has 17 heavy (non-hydrogen) atoms. The molecule has 0 aliphatic rings. The fourth-order valence-corrected chi connectivity index (χ4v) is 2.13. The number of rotatable bonds is 7. The van der Waals surface area contributed by atoms with Gasteiger partial charge in [-0.05, 0) is 64.5 Å². The summed E-state index contributed by atoms with van der Waals surface area (Å²) in [6.07, 6.45) is 3.30. The molecule has 0 heterocycles. The van der Waals surface area contributed by atoms with Gasteiger partial charge in [0.2, 0.25) is 0 Å². The lowest BCUT2D eigenvalue weighted by atomic mass is 10.1. The number of nitrogens with zero attached hydrogens (tertiary/aromatic N) is 1. The Morgan fingerprint density at radius 2 is 1.88 bits per heavy atom. The summed E-state index contributed by atoms with van der Waals surface area (Å²) in [5.74, 6) is 0. The van der Waals surface area contributed by atoms with Crippen molar-refractivity contribution in [2.24, 2.45) is 0 Å². The molecule has 0 aliphatic heterocycles. The summed E-state index contributed by atoms with van der Waals surface area (Å²) < 4.78 is 0. The van der Waals surface area contributed by atoms with E-state index in [-0.39, 0.29) is 0 Å². The van der Waals surface area contributed by atoms with E-state index in [1.165, 1.54) is 16.9 Å². The van der Waals surface area contributed by atoms with Crippen molar-refractivity contribution < 1.29 is 0 Å². The van der Waals surface area contributed by atoms with Gasteiger partial charge in [0.1, 0.15) is 0 Å². The third-order valence-corrected chi connectivity index (χ3v) is 3.59. The predicted molar refractivity (Wildman–Crippen MR) is 77.8 cm³/mol. The van der Waals surface area contributed by atoms with Gasteiger partial charge in [0.15, 0.2) is 0 Å². The smallest absolute Gasteiger partial charge is 0.0291 e. The molecule has 3 heteroatoms. The van der Waals surface area contributed by atoms with Gasteiger partial charge in [-0.2, -0.15) is 0 Å². The minimum atomic E-state index is 0.438. The van der Waals surface area contributed by atoms with E-state index in [1.54, 1.807) is 11.8 Å². The molecule has 1 N–H and O–H groups in total. The first-order valence-corrected chi connectivity index (χ1v) is 7.38. The zero-order chi connectivity index (χ0) is 12.7. The number of hydrogen-bond donors (Lipinski definition) is 1. The molecule has 0 saturated heterocycles. The maximum absolute atomic E-state index is 3.56. The van der Waals surface area contributed by atoms with Crippen molar-refractivity contribution in [1.29, 1.82) is 0 Å². The van der Waals surface area contributed by atoms with Crippen LogP contribution in [0.15, 0.2) is 29.2 Å². The van der Waals surface area contributed by atoms with Crippen LogP contribution in [0.1, 0.15) is 24.9 Å². The highest BCUT2D eigenvalue weighted by atomic mass is 32.2. The van der Waals surface area contributed by atoms with Gasteiger partial charge in [0.05, 0.1) is 0 Å². The third-order valence-electron chi connectivity index (χ3n) is 2.85. The Balaban J connectivity index is 2.33. The van der Waals surface area contributed by atoms with Crippen LogP contribution in [0.3, 0.4) is 0 Å². The molecule has 0 radical (unpaired) electrons. The monoisotopic (exact) mass is 252 g/mol. The van der Waals surface area contributed by atoms with Crippen LogP contribution >= 0.6 is 11.8 Å². The van der Waals surface area contributed by atoms with E-state index in [0.717, 1.165) is 13.1 Å². The van der Waals surface area contributed by atoms with Crippen LogP contribution in [-0.4, -0.2) is 38.3 Å². The first kappa shape index (κ1) is 14.6. The summed E-state index contributed by atoms with van der Waals surface area (Å²) in [4.78, 5) is 3.55. The molecule has 0 fully saturated rings. The van der Waals surface area contributed by atoms with Crippen molar-refractivity contribution in [2.75, 3.05) is 33.4 Å². The van der Waals surface area contributed by atoms with Crippen molar-refractivity contribution in [3.8, 4) is 0 Å². The first-order valence-electron chi connectivity index (χ1n) is 6.15. The van der Waals surface area contributed by atoms with Gasteiger partial charge < -0.3 is 10.2 Å². The Kier molecular flexibility index (Phi) is 6.63. The highest BCUT2D eigenvalue weighted by Gasteiger charge is 2.03. The second-order valence-corrected chi connectivity index (χ2v) is 5.49. The number of nitrogens with one attached hydrogen (secondary N) is 1. The van der Waals surface area contributed by atoms with Crippen LogP contribution in [0.25, 0.3) is 0 Å². The zero-order valence-corrected chi connectivity index (χ0v) is 12.2. The molecular weight excluding hydrogens is 228 g/mol. The highest BCUT2D eigenvalue weighted by molar-refractivity contribution is 7.98. The Morgan fingerprint density at radius 1 is 1.24 bits per heavy atom. The number of thioether (sulfide) groups is 1. The standard InChI is InChI=1S/C14H24N2S/c1-12(15-10-5-11-16(2)3)13-6-8-14(17-4)9-7-13/h6-9,12,15H,5,10-11H2,1-4H3. The van der Waals surface area contributed by atoms with Gasteiger partial charge in [-0.25, -0.2) is 0 Å². The lowest BCUT2D eigenvalue weighted by Crippen LogP contribution is -2.23. The molecule has 0 saturated carbocycles. The maximum atomic E-state index is 3.56. The predicted octanol–water partition coefficient (Wildman–Crippen LogP) is 3.01. The van der Waals surface area contributed by atoms with Gasteiger partial charge in [-0.1, -0.05) is 12.1 Å². The molecule has 0 aliphatic carbocycles. The van der Waals surface area contributed by atoms with Gasteiger partial charge in [0, 0.05) is 10.9 Å². The topological polar surface area (TPSA) is 15.3 Å². The molecule has 2 nitrogen and oxygen atoms in total. The van der Waals surface area contributed by atoms with Crippen molar-refractivity contribution >= 4 is 11.8 Å². The Bertz CT molecular complexity index is 309. The van der Waals surface area contributed by atoms with Crippen LogP contribution in [0.5, 0.6) is 0 Å². The summed E-state index contributed by atoms with van der Waals surface area (Å²) in [5.41, 5.74) is 1.37. The second kappa shape index (κ2) is 7.75. The molecule has 0 bridgehead atoms. The molecule has 1 aromatic rings. The Hall–Kier alpha value is -0.510. The average Bonchev–Trinajstić information content (AvgIpc) is 2.34. The number of benzene rings is 1. The van der Waals surface area contributed by atoms with Crippen LogP contribution in [0.2, 0.25) is 0 Å². The molecular formula is C14H24N2S. The highest BCUT2D eigenvalue weighted by Crippen LogP contribution is 2.18. The van der Waals surface area contributed by atoms with Gasteiger partial charge >= 0.3 is 0 Å². The van der Waals surface area contributed by atoms with E-state index in [4.69, 9.17) is 0 Å². The molecule has 1 aromatic carbocycles. The minimum Gasteiger partial charge on any atom is -0.310 e. The summed E-state index contributed by atoms with van der Waals surface area (Å²) in [7, 11) is 4.23. The van der Waals surface area contributed by atoms with Gasteiger partial charge in [-0.15, -0.1) is 11.8 Å². The summed E-state index contributed by atoms with van der Waals surface area (Å²) in [6, 6.07) is 9.26. The van der Waals surface area contributed by atoms with E-state index in [2.05, 4.69) is 61.8 Å². The van der Waals surface area contributed by atoms with E-state index < -0.39 is 0 Å². The molecule has 0 amide bonds. The summed E-state index contributed by atoms with van der Waals surface area (Å²) >= 11 is 1.79. The van der Waals surface area contributed by atoms with E-state index in [9.17, 15) is 0 Å². The molecule has 1 rings (SSSR count). The quantitative estimate of drug-likeness (QED) is 0.593. The first-order chi connectivity index (χ1) is 8.13. The lowest BCUT2D eigenvalue weighted by Gasteiger charge is -2.16. The normalized spacial score (nSPS) is 13.0. The molecule has 1 unspecified atom stereocenters. The molecule has 0 aromatic heterocycles. The second-order valence-electron chi connectivity index (χ2n) is 4.61. The Labute approximate surface area is 110 Å². The van der Waals surface area contributed by atoms with E-state index in [0.29, 0.717) is 6.04 Å². The van der Waals surface area contributed by atoms with Gasteiger partial charge in [-0.3, -0.25) is 0 Å². The average molecular weight is 252 g/mol. The van der Waals surface area contributed by atoms with Crippen molar-refractivity contribution in [1.82, 2.24) is 10.2 Å². The summed E-state index contributed by atoms with van der Waals surface area (Å²) in [6.45, 7) is 4.44. The van der Waals surface area contributed by atoms with Crippen LogP contribution in [-0.2, 0) is 0 Å². The third kappa shape index (κ3) is 5.57. The van der Waals surface area contributed by atoms with Crippen LogP contribution < -0.4 is 5.32 Å². The fourth-order valence-electron chi connectivity index (χ4n) is 1.72. The van der Waals surface area contributed by atoms with Crippen molar-refractivity contribution in [3.05, 3.63) is 29.8 Å². The fraction of sp³-hybridized carbons (Fsp3) is 0.571. The minimum absolute atomic E-state index is 0.438. The van der Waals surface area contributed by atoms with Crippen LogP contribution in [0, 0.1) is 0 Å². The van der Waals surface area contributed by atoms with Crippen molar-refractivity contribution in [2.45, 2.75) is 24.3 Å². The SMILES string of the molecule is CSc1ccc(C(C)NCCCN(C)C)cc1. The van der Waals surface area contributed by atoms with Crippen LogP contribution in [0.4, 0.5) is 0 Å². The Morgan fingerprint density at radius 3 is 2.41 bits per heavy atom. The zero-order valence-electron chi connectivity index (χ0n) is 11.4. The summed E-state index contributed by atoms with van der Waals surface area (Å²) in [5, 5.41) is 3.56. The molecule has 1 atom stereocenters.